The van der Waals surface area contributed by atoms with E-state index in [9.17, 15) is 5.11 Å². The maximum absolute atomic E-state index is 9.36. The number of hydrogen-bond donors (Lipinski definition) is 1. The molecule has 2 aromatic rings. The Hall–Kier alpha value is -2.17. The summed E-state index contributed by atoms with van der Waals surface area (Å²) in [5.41, 5.74) is 4.68. The Morgan fingerprint density at radius 3 is 2.67 bits per heavy atom. The average molecular weight is 337 g/mol. The quantitative estimate of drug-likeness (QED) is 0.839. The van der Waals surface area contributed by atoms with Crippen molar-refractivity contribution in [1.29, 1.82) is 0 Å². The van der Waals surface area contributed by atoms with Crippen molar-refractivity contribution in [3.05, 3.63) is 65.2 Å². The summed E-state index contributed by atoms with van der Waals surface area (Å²) >= 11 is 1.91. The second-order valence-corrected chi connectivity index (χ2v) is 7.07. The van der Waals surface area contributed by atoms with Gasteiger partial charge in [0, 0.05) is 18.6 Å². The standard InChI is InChI=1S/C20H19NO2S/c1-23-19-13-24-20-11-8-16-7-4-15(12-18(16)21(19)20)3-2-14-5-9-17(22)10-6-14/h2-12,19-20,22H,13H2,1H3/b3-2+. The predicted octanol–water partition coefficient (Wildman–Crippen LogP) is 4.44. The van der Waals surface area contributed by atoms with E-state index < -0.39 is 0 Å². The number of rotatable bonds is 3. The van der Waals surface area contributed by atoms with Crippen LogP contribution in [0.1, 0.15) is 16.7 Å². The van der Waals surface area contributed by atoms with Crippen LogP contribution in [0.25, 0.3) is 18.2 Å². The van der Waals surface area contributed by atoms with Gasteiger partial charge in [-0.25, -0.2) is 0 Å². The second-order valence-electron chi connectivity index (χ2n) is 5.92. The number of benzene rings is 2. The molecule has 3 nitrogen and oxygen atoms in total. The summed E-state index contributed by atoms with van der Waals surface area (Å²) in [6.45, 7) is 0. The van der Waals surface area contributed by atoms with Gasteiger partial charge in [0.2, 0.25) is 0 Å². The summed E-state index contributed by atoms with van der Waals surface area (Å²) in [7, 11) is 1.78. The lowest BCUT2D eigenvalue weighted by atomic mass is 10.0. The molecular weight excluding hydrogens is 318 g/mol. The van der Waals surface area contributed by atoms with Gasteiger partial charge in [0.1, 0.15) is 12.0 Å². The lowest BCUT2D eigenvalue weighted by Crippen LogP contribution is -2.38. The molecule has 4 rings (SSSR count). The van der Waals surface area contributed by atoms with Crippen molar-refractivity contribution in [2.45, 2.75) is 11.6 Å². The van der Waals surface area contributed by atoms with E-state index in [1.54, 1.807) is 19.2 Å². The van der Waals surface area contributed by atoms with E-state index in [1.807, 2.05) is 23.9 Å². The van der Waals surface area contributed by atoms with E-state index in [4.69, 9.17) is 4.74 Å². The van der Waals surface area contributed by atoms with Crippen LogP contribution in [0.4, 0.5) is 5.69 Å². The summed E-state index contributed by atoms with van der Waals surface area (Å²) in [4.78, 5) is 2.36. The largest absolute Gasteiger partial charge is 0.508 e. The Labute approximate surface area is 146 Å². The Balaban J connectivity index is 1.64. The molecule has 2 aliphatic rings. The van der Waals surface area contributed by atoms with Gasteiger partial charge < -0.3 is 14.7 Å². The van der Waals surface area contributed by atoms with Crippen molar-refractivity contribution in [2.75, 3.05) is 17.8 Å². The lowest BCUT2D eigenvalue weighted by Gasteiger charge is -2.33. The van der Waals surface area contributed by atoms with Crippen LogP contribution in [0, 0.1) is 0 Å². The normalized spacial score (nSPS) is 22.0. The van der Waals surface area contributed by atoms with E-state index in [0.29, 0.717) is 5.37 Å². The summed E-state index contributed by atoms with van der Waals surface area (Å²) in [5, 5.41) is 9.72. The first-order valence-corrected chi connectivity index (χ1v) is 9.01. The van der Waals surface area contributed by atoms with Gasteiger partial charge in [-0.3, -0.25) is 0 Å². The highest BCUT2D eigenvalue weighted by Crippen LogP contribution is 2.41. The zero-order valence-electron chi connectivity index (χ0n) is 13.4. The van der Waals surface area contributed by atoms with E-state index in [-0.39, 0.29) is 12.0 Å². The molecule has 2 unspecified atom stereocenters. The minimum absolute atomic E-state index is 0.125. The van der Waals surface area contributed by atoms with Crippen molar-refractivity contribution < 1.29 is 9.84 Å². The van der Waals surface area contributed by atoms with Gasteiger partial charge >= 0.3 is 0 Å². The second kappa shape index (κ2) is 6.38. The van der Waals surface area contributed by atoms with E-state index >= 15 is 0 Å². The minimum Gasteiger partial charge on any atom is -0.508 e. The number of anilines is 1. The smallest absolute Gasteiger partial charge is 0.140 e. The number of phenolic OH excluding ortho intramolecular Hbond substituents is 1. The van der Waals surface area contributed by atoms with Crippen molar-refractivity contribution >= 4 is 35.7 Å². The number of thioether (sulfide) groups is 1. The van der Waals surface area contributed by atoms with Gasteiger partial charge in [0.25, 0.3) is 0 Å². The Bertz CT molecular complexity index is 798. The molecule has 24 heavy (non-hydrogen) atoms. The Kier molecular flexibility index (Phi) is 4.08. The number of ether oxygens (including phenoxy) is 1. The molecule has 0 aliphatic carbocycles. The fraction of sp³-hybridized carbons (Fsp3) is 0.200. The number of phenols is 1. The first-order valence-electron chi connectivity index (χ1n) is 7.97. The number of aromatic hydroxyl groups is 1. The van der Waals surface area contributed by atoms with Crippen LogP contribution in [-0.2, 0) is 4.74 Å². The number of nitrogens with zero attached hydrogens (tertiary/aromatic N) is 1. The zero-order valence-corrected chi connectivity index (χ0v) is 14.2. The molecule has 1 fully saturated rings. The van der Waals surface area contributed by atoms with Crippen LogP contribution < -0.4 is 4.90 Å². The van der Waals surface area contributed by atoms with Gasteiger partial charge in [-0.1, -0.05) is 48.6 Å². The Morgan fingerprint density at radius 1 is 1.12 bits per heavy atom. The first-order chi connectivity index (χ1) is 11.7. The minimum atomic E-state index is 0.125. The SMILES string of the molecule is COC1CSC2C=Cc3ccc(/C=C/c4ccc(O)cc4)cc3N12. The Morgan fingerprint density at radius 2 is 1.88 bits per heavy atom. The van der Waals surface area contributed by atoms with Crippen molar-refractivity contribution in [1.82, 2.24) is 0 Å². The highest BCUT2D eigenvalue weighted by atomic mass is 32.2. The molecule has 1 N–H and O–H groups in total. The predicted molar refractivity (Wildman–Crippen MR) is 102 cm³/mol. The van der Waals surface area contributed by atoms with Crippen LogP contribution in [0.15, 0.2) is 48.5 Å². The highest BCUT2D eigenvalue weighted by molar-refractivity contribution is 8.00. The van der Waals surface area contributed by atoms with Gasteiger partial charge in [-0.05, 0) is 34.9 Å². The van der Waals surface area contributed by atoms with E-state index in [2.05, 4.69) is 47.4 Å². The summed E-state index contributed by atoms with van der Waals surface area (Å²) in [6.07, 6.45) is 8.74. The number of methoxy groups -OCH3 is 1. The zero-order chi connectivity index (χ0) is 16.5. The van der Waals surface area contributed by atoms with Crippen LogP contribution in [0.5, 0.6) is 5.75 Å². The molecule has 2 atom stereocenters. The lowest BCUT2D eigenvalue weighted by molar-refractivity contribution is 0.123. The van der Waals surface area contributed by atoms with Gasteiger partial charge in [0.05, 0.1) is 5.37 Å². The topological polar surface area (TPSA) is 32.7 Å². The molecule has 2 heterocycles. The van der Waals surface area contributed by atoms with Gasteiger partial charge in [0.15, 0.2) is 0 Å². The monoisotopic (exact) mass is 337 g/mol. The molecule has 0 amide bonds. The maximum Gasteiger partial charge on any atom is 0.140 e. The van der Waals surface area contributed by atoms with E-state index in [1.165, 1.54) is 11.3 Å². The summed E-state index contributed by atoms with van der Waals surface area (Å²) < 4.78 is 5.65. The molecule has 122 valence electrons. The van der Waals surface area contributed by atoms with Crippen molar-refractivity contribution in [2.24, 2.45) is 0 Å². The molecule has 4 heteroatoms. The van der Waals surface area contributed by atoms with Crippen molar-refractivity contribution in [3.8, 4) is 5.75 Å². The molecule has 2 aliphatic heterocycles. The van der Waals surface area contributed by atoms with Crippen LogP contribution >= 0.6 is 11.8 Å². The van der Waals surface area contributed by atoms with Gasteiger partial charge in [-0.15, -0.1) is 11.8 Å². The molecule has 1 saturated heterocycles. The molecular formula is C20H19NO2S. The number of fused-ring (bicyclic) bond motifs is 3. The third kappa shape index (κ3) is 2.83. The third-order valence-corrected chi connectivity index (χ3v) is 5.60. The summed E-state index contributed by atoms with van der Waals surface area (Å²) in [6, 6.07) is 13.7. The molecule has 0 radical (unpaired) electrons. The molecule has 2 aromatic carbocycles. The van der Waals surface area contributed by atoms with Crippen LogP contribution in [0.2, 0.25) is 0 Å². The van der Waals surface area contributed by atoms with Crippen LogP contribution in [0.3, 0.4) is 0 Å². The summed E-state index contributed by atoms with van der Waals surface area (Å²) in [5.74, 6) is 1.27. The average Bonchev–Trinajstić information content (AvgIpc) is 3.05. The number of hydrogen-bond acceptors (Lipinski definition) is 4. The fourth-order valence-electron chi connectivity index (χ4n) is 3.12. The van der Waals surface area contributed by atoms with Crippen LogP contribution in [-0.4, -0.2) is 29.6 Å². The fourth-order valence-corrected chi connectivity index (χ4v) is 4.38. The van der Waals surface area contributed by atoms with Crippen molar-refractivity contribution in [3.63, 3.8) is 0 Å². The third-order valence-electron chi connectivity index (χ3n) is 4.40. The molecule has 0 bridgehead atoms. The highest BCUT2D eigenvalue weighted by Gasteiger charge is 2.35. The maximum atomic E-state index is 9.36. The van der Waals surface area contributed by atoms with E-state index in [0.717, 1.165) is 16.9 Å². The molecule has 0 spiro atoms. The molecule has 0 aromatic heterocycles. The first kappa shape index (κ1) is 15.4. The molecule has 0 saturated carbocycles. The van der Waals surface area contributed by atoms with Gasteiger partial charge in [-0.2, -0.15) is 0 Å².